The molecular formula is C17H16N2O3S2. The van der Waals surface area contributed by atoms with Gasteiger partial charge in [0.2, 0.25) is 0 Å². The Balaban J connectivity index is 1.96. The first-order chi connectivity index (χ1) is 11.5. The highest BCUT2D eigenvalue weighted by Crippen LogP contribution is 2.44. The summed E-state index contributed by atoms with van der Waals surface area (Å²) in [5, 5.41) is 9.74. The normalized spacial score (nSPS) is 13.6. The number of benzene rings is 1. The van der Waals surface area contributed by atoms with Crippen LogP contribution in [0.3, 0.4) is 0 Å². The van der Waals surface area contributed by atoms with Gasteiger partial charge in [0.1, 0.15) is 10.5 Å². The molecule has 1 atom stereocenters. The second-order valence-corrected chi connectivity index (χ2v) is 7.92. The van der Waals surface area contributed by atoms with Gasteiger partial charge in [-0.25, -0.2) is 4.98 Å². The van der Waals surface area contributed by atoms with Crippen LogP contribution < -0.4 is 4.74 Å². The zero-order valence-corrected chi connectivity index (χ0v) is 14.9. The maximum Gasteiger partial charge on any atom is 0.324 e. The van der Waals surface area contributed by atoms with Gasteiger partial charge in [-0.05, 0) is 43.7 Å². The Kier molecular flexibility index (Phi) is 4.73. The lowest BCUT2D eigenvalue weighted by molar-refractivity contribution is -0.139. The van der Waals surface area contributed by atoms with Crippen LogP contribution in [0.25, 0.3) is 10.2 Å². The van der Waals surface area contributed by atoms with Crippen molar-refractivity contribution >= 4 is 39.3 Å². The van der Waals surface area contributed by atoms with Crippen molar-refractivity contribution < 1.29 is 14.6 Å². The molecule has 7 heteroatoms. The SMILES string of the molecule is CCOc1ccc2nc(SC(C)(C(=O)O)c3cccnc3)sc2c1. The molecule has 2 heterocycles. The Morgan fingerprint density at radius 3 is 2.92 bits per heavy atom. The van der Waals surface area contributed by atoms with E-state index in [0.717, 1.165) is 16.0 Å². The highest BCUT2D eigenvalue weighted by atomic mass is 32.2. The molecule has 0 aliphatic carbocycles. The summed E-state index contributed by atoms with van der Waals surface area (Å²) >= 11 is 2.69. The molecule has 1 aromatic carbocycles. The maximum absolute atomic E-state index is 11.9. The Labute approximate surface area is 147 Å². The number of carbonyl (C=O) groups is 1. The fourth-order valence-electron chi connectivity index (χ4n) is 2.23. The van der Waals surface area contributed by atoms with Crippen molar-refractivity contribution in [2.24, 2.45) is 0 Å². The summed E-state index contributed by atoms with van der Waals surface area (Å²) in [4.78, 5) is 20.5. The van der Waals surface area contributed by atoms with Gasteiger partial charge in [0.25, 0.3) is 0 Å². The van der Waals surface area contributed by atoms with Gasteiger partial charge >= 0.3 is 5.97 Å². The Morgan fingerprint density at radius 2 is 2.25 bits per heavy atom. The van der Waals surface area contributed by atoms with Crippen LogP contribution in [0.1, 0.15) is 19.4 Å². The lowest BCUT2D eigenvalue weighted by atomic mass is 10.0. The third kappa shape index (κ3) is 3.22. The predicted octanol–water partition coefficient (Wildman–Crippen LogP) is 4.18. The Morgan fingerprint density at radius 1 is 1.42 bits per heavy atom. The Bertz CT molecular complexity index is 867. The third-order valence-corrected chi connectivity index (χ3v) is 5.96. The number of ether oxygens (including phenoxy) is 1. The smallest absolute Gasteiger partial charge is 0.324 e. The fraction of sp³-hybridized carbons (Fsp3) is 0.235. The van der Waals surface area contributed by atoms with Gasteiger partial charge in [0.15, 0.2) is 4.34 Å². The van der Waals surface area contributed by atoms with E-state index in [-0.39, 0.29) is 0 Å². The van der Waals surface area contributed by atoms with E-state index in [0.29, 0.717) is 16.5 Å². The van der Waals surface area contributed by atoms with Crippen LogP contribution >= 0.6 is 23.1 Å². The van der Waals surface area contributed by atoms with Crippen molar-refractivity contribution in [1.82, 2.24) is 9.97 Å². The van der Waals surface area contributed by atoms with Gasteiger partial charge in [0, 0.05) is 12.4 Å². The van der Waals surface area contributed by atoms with Crippen LogP contribution in [0.15, 0.2) is 47.1 Å². The maximum atomic E-state index is 11.9. The number of aliphatic carboxylic acids is 1. The van der Waals surface area contributed by atoms with Crippen molar-refractivity contribution in [2.75, 3.05) is 6.61 Å². The molecule has 2 aromatic heterocycles. The first-order valence-corrected chi connectivity index (χ1v) is 9.02. The van der Waals surface area contributed by atoms with Gasteiger partial charge in [-0.15, -0.1) is 11.3 Å². The van der Waals surface area contributed by atoms with E-state index >= 15 is 0 Å². The Hall–Kier alpha value is -2.12. The topological polar surface area (TPSA) is 72.3 Å². The van der Waals surface area contributed by atoms with E-state index in [2.05, 4.69) is 9.97 Å². The average molecular weight is 360 g/mol. The summed E-state index contributed by atoms with van der Waals surface area (Å²) in [5.74, 6) is -0.131. The van der Waals surface area contributed by atoms with Crippen molar-refractivity contribution in [2.45, 2.75) is 22.9 Å². The minimum atomic E-state index is -1.15. The first-order valence-electron chi connectivity index (χ1n) is 7.39. The number of rotatable bonds is 6. The number of pyridine rings is 1. The van der Waals surface area contributed by atoms with E-state index < -0.39 is 10.7 Å². The predicted molar refractivity (Wildman–Crippen MR) is 95.9 cm³/mol. The number of carboxylic acid groups (broad SMARTS) is 1. The van der Waals surface area contributed by atoms with Gasteiger partial charge in [-0.3, -0.25) is 9.78 Å². The quantitative estimate of drug-likeness (QED) is 0.665. The average Bonchev–Trinajstić information content (AvgIpc) is 2.97. The zero-order valence-electron chi connectivity index (χ0n) is 13.2. The molecule has 3 aromatic rings. The third-order valence-electron chi connectivity index (χ3n) is 3.56. The first kappa shape index (κ1) is 16.7. The summed E-state index contributed by atoms with van der Waals surface area (Å²) in [6.45, 7) is 4.21. The van der Waals surface area contributed by atoms with Crippen molar-refractivity contribution in [1.29, 1.82) is 0 Å². The standard InChI is InChI=1S/C17H16N2O3S2/c1-3-22-12-6-7-13-14(9-12)23-16(19-13)24-17(2,15(20)21)11-5-4-8-18-10-11/h4-10H,3H2,1-2H3,(H,20,21). The monoisotopic (exact) mass is 360 g/mol. The number of fused-ring (bicyclic) bond motifs is 1. The summed E-state index contributed by atoms with van der Waals surface area (Å²) in [7, 11) is 0. The van der Waals surface area contributed by atoms with E-state index in [1.807, 2.05) is 25.1 Å². The van der Waals surface area contributed by atoms with Gasteiger partial charge < -0.3 is 9.84 Å². The van der Waals surface area contributed by atoms with Crippen molar-refractivity contribution in [3.8, 4) is 5.75 Å². The summed E-state index contributed by atoms with van der Waals surface area (Å²) in [6, 6.07) is 9.21. The van der Waals surface area contributed by atoms with Gasteiger partial charge in [-0.2, -0.15) is 0 Å². The molecule has 0 bridgehead atoms. The number of hydrogen-bond donors (Lipinski definition) is 1. The van der Waals surface area contributed by atoms with Gasteiger partial charge in [-0.1, -0.05) is 17.8 Å². The minimum absolute atomic E-state index is 0.601. The molecular weight excluding hydrogens is 344 g/mol. The van der Waals surface area contributed by atoms with Crippen LogP contribution in [0.5, 0.6) is 5.75 Å². The van der Waals surface area contributed by atoms with E-state index in [1.165, 1.54) is 23.1 Å². The fourth-order valence-corrected chi connectivity index (χ4v) is 4.71. The highest BCUT2D eigenvalue weighted by Gasteiger charge is 2.38. The van der Waals surface area contributed by atoms with E-state index in [4.69, 9.17) is 4.74 Å². The molecule has 0 amide bonds. The second kappa shape index (κ2) is 6.78. The molecule has 0 aliphatic heterocycles. The van der Waals surface area contributed by atoms with Crippen molar-refractivity contribution in [3.63, 3.8) is 0 Å². The summed E-state index contributed by atoms with van der Waals surface area (Å²) in [6.07, 6.45) is 3.21. The minimum Gasteiger partial charge on any atom is -0.494 e. The molecule has 1 N–H and O–H groups in total. The van der Waals surface area contributed by atoms with Gasteiger partial charge in [0.05, 0.1) is 16.8 Å². The number of hydrogen-bond acceptors (Lipinski definition) is 6. The molecule has 0 saturated heterocycles. The molecule has 0 spiro atoms. The number of thioether (sulfide) groups is 1. The van der Waals surface area contributed by atoms with Crippen LogP contribution in [0.4, 0.5) is 0 Å². The lowest BCUT2D eigenvalue weighted by Gasteiger charge is -2.22. The largest absolute Gasteiger partial charge is 0.494 e. The molecule has 0 fully saturated rings. The van der Waals surface area contributed by atoms with E-state index in [1.54, 1.807) is 31.5 Å². The molecule has 0 radical (unpaired) electrons. The molecule has 0 aliphatic rings. The van der Waals surface area contributed by atoms with Crippen LogP contribution in [-0.4, -0.2) is 27.7 Å². The van der Waals surface area contributed by atoms with Crippen molar-refractivity contribution in [3.05, 3.63) is 48.3 Å². The molecule has 24 heavy (non-hydrogen) atoms. The summed E-state index contributed by atoms with van der Waals surface area (Å²) < 4.78 is 6.03. The van der Waals surface area contributed by atoms with Crippen LogP contribution in [-0.2, 0) is 9.54 Å². The molecule has 0 saturated carbocycles. The highest BCUT2D eigenvalue weighted by molar-refractivity contribution is 8.02. The molecule has 3 rings (SSSR count). The molecule has 5 nitrogen and oxygen atoms in total. The second-order valence-electron chi connectivity index (χ2n) is 5.22. The zero-order chi connectivity index (χ0) is 17.2. The number of carboxylic acids is 1. The van der Waals surface area contributed by atoms with Crippen LogP contribution in [0.2, 0.25) is 0 Å². The molecule has 1 unspecified atom stereocenters. The van der Waals surface area contributed by atoms with E-state index in [9.17, 15) is 9.90 Å². The number of aromatic nitrogens is 2. The van der Waals surface area contributed by atoms with Crippen LogP contribution in [0, 0.1) is 0 Å². The lowest BCUT2D eigenvalue weighted by Crippen LogP contribution is -2.28. The number of thiazole rings is 1. The number of nitrogens with zero attached hydrogens (tertiary/aromatic N) is 2. The summed E-state index contributed by atoms with van der Waals surface area (Å²) in [5.41, 5.74) is 1.47. The molecule has 124 valence electrons.